The van der Waals surface area contributed by atoms with Gasteiger partial charge in [0.2, 0.25) is 11.8 Å². The molecule has 8 nitrogen and oxygen atoms in total. The molecule has 2 saturated heterocycles. The highest BCUT2D eigenvalue weighted by atomic mass is 79.9. The van der Waals surface area contributed by atoms with Crippen LogP contribution < -0.4 is 0 Å². The van der Waals surface area contributed by atoms with Gasteiger partial charge in [-0.1, -0.05) is 41.8 Å². The van der Waals surface area contributed by atoms with Crippen LogP contribution in [0.5, 0.6) is 5.75 Å². The number of unbranched alkanes of at least 4 members (excludes halogenated alkanes) is 2. The van der Waals surface area contributed by atoms with Crippen LogP contribution in [0.2, 0.25) is 0 Å². The summed E-state index contributed by atoms with van der Waals surface area (Å²) in [4.78, 5) is 39.0. The van der Waals surface area contributed by atoms with E-state index in [2.05, 4.69) is 15.9 Å². The molecule has 0 radical (unpaired) electrons. The molecule has 0 spiro atoms. The van der Waals surface area contributed by atoms with Crippen molar-refractivity contribution in [2.45, 2.75) is 58.5 Å². The maximum Gasteiger partial charge on any atom is 0.487 e. The summed E-state index contributed by atoms with van der Waals surface area (Å²) in [6.45, 7) is 4.30. The van der Waals surface area contributed by atoms with Gasteiger partial charge >= 0.3 is 13.1 Å². The predicted molar refractivity (Wildman–Crippen MR) is 132 cm³/mol. The lowest BCUT2D eigenvalue weighted by Gasteiger charge is -2.43. The standard InChI is InChI=1S/C25H31BBrNO7/c1-13(2)15-11-18-22(25(33)28(24(18)32)9-5-3-4-6-21(30)31)17-12-20(35-26(34)23(15)17)16-10-14(27)7-8-19(16)29/h7-8,10,13,17-18,20,22,29,34H,3-6,9,11-12H2,1-2H3,(H,30,31)/t17-,18-,20-,22+/m0/s1. The molecule has 3 aliphatic rings. The third-order valence-corrected chi connectivity index (χ3v) is 8.04. The number of aromatic hydroxyl groups is 1. The van der Waals surface area contributed by atoms with Crippen LogP contribution in [0.4, 0.5) is 0 Å². The number of halogens is 1. The smallest absolute Gasteiger partial charge is 0.487 e. The summed E-state index contributed by atoms with van der Waals surface area (Å²) in [5.41, 5.74) is 2.19. The monoisotopic (exact) mass is 547 g/mol. The van der Waals surface area contributed by atoms with Crippen LogP contribution in [0.1, 0.15) is 64.0 Å². The quantitative estimate of drug-likeness (QED) is 0.256. The van der Waals surface area contributed by atoms with Gasteiger partial charge in [-0.3, -0.25) is 19.3 Å². The molecule has 2 aliphatic heterocycles. The Labute approximate surface area is 213 Å². The van der Waals surface area contributed by atoms with E-state index in [9.17, 15) is 24.5 Å². The number of fused-ring (bicyclic) bond motifs is 3. The SMILES string of the molecule is CC(C)C1=C2B(O)O[C@H](c3cc(Br)ccc3O)C[C@H]2[C@H]2C(=O)N(CCCCCC(=O)O)C(=O)[C@H]2C1. The van der Waals surface area contributed by atoms with Gasteiger partial charge in [-0.25, -0.2) is 0 Å². The molecule has 1 aromatic carbocycles. The Bertz CT molecular complexity index is 1060. The topological polar surface area (TPSA) is 124 Å². The van der Waals surface area contributed by atoms with Crippen LogP contribution in [0.3, 0.4) is 0 Å². The second kappa shape index (κ2) is 10.4. The minimum atomic E-state index is -1.22. The number of imide groups is 1. The van der Waals surface area contributed by atoms with Gasteiger partial charge in [0.1, 0.15) is 5.75 Å². The molecule has 2 amide bonds. The van der Waals surface area contributed by atoms with Crippen LogP contribution in [0.25, 0.3) is 0 Å². The van der Waals surface area contributed by atoms with Gasteiger partial charge < -0.3 is 19.9 Å². The van der Waals surface area contributed by atoms with Gasteiger partial charge in [0.15, 0.2) is 0 Å². The third kappa shape index (κ3) is 5.06. The summed E-state index contributed by atoms with van der Waals surface area (Å²) in [6, 6.07) is 5.01. The van der Waals surface area contributed by atoms with Gasteiger partial charge in [0.05, 0.1) is 17.9 Å². The maximum atomic E-state index is 13.5. The van der Waals surface area contributed by atoms with Gasteiger partial charge in [-0.05, 0) is 61.2 Å². The van der Waals surface area contributed by atoms with Crippen molar-refractivity contribution in [3.05, 3.63) is 39.3 Å². The molecule has 188 valence electrons. The molecule has 0 unspecified atom stereocenters. The van der Waals surface area contributed by atoms with Crippen molar-refractivity contribution in [3.8, 4) is 5.75 Å². The second-order valence-corrected chi connectivity index (χ2v) is 10.9. The molecule has 4 rings (SSSR count). The first kappa shape index (κ1) is 25.9. The lowest BCUT2D eigenvalue weighted by atomic mass is 9.54. The van der Waals surface area contributed by atoms with E-state index in [0.29, 0.717) is 43.1 Å². The fraction of sp³-hybridized carbons (Fsp3) is 0.560. The highest BCUT2D eigenvalue weighted by Gasteiger charge is 2.57. The second-order valence-electron chi connectivity index (χ2n) is 10.0. The van der Waals surface area contributed by atoms with E-state index >= 15 is 0 Å². The molecular formula is C25H31BBrNO7. The fourth-order valence-electron chi connectivity index (χ4n) is 5.89. The number of hydrogen-bond donors (Lipinski definition) is 3. The number of carbonyl (C=O) groups is 3. The Balaban J connectivity index is 1.61. The zero-order valence-corrected chi connectivity index (χ0v) is 21.5. The Morgan fingerprint density at radius 2 is 1.94 bits per heavy atom. The lowest BCUT2D eigenvalue weighted by molar-refractivity contribution is -0.141. The van der Waals surface area contributed by atoms with E-state index in [-0.39, 0.29) is 42.4 Å². The van der Waals surface area contributed by atoms with Gasteiger partial charge in [-0.2, -0.15) is 0 Å². The predicted octanol–water partition coefficient (Wildman–Crippen LogP) is 3.85. The van der Waals surface area contributed by atoms with Crippen molar-refractivity contribution in [2.75, 3.05) is 6.54 Å². The first-order valence-electron chi connectivity index (χ1n) is 12.2. The highest BCUT2D eigenvalue weighted by molar-refractivity contribution is 9.10. The molecule has 1 aromatic rings. The Morgan fingerprint density at radius 1 is 1.20 bits per heavy atom. The Hall–Kier alpha value is -2.17. The molecule has 0 aromatic heterocycles. The first-order chi connectivity index (χ1) is 16.6. The number of nitrogens with zero attached hydrogens (tertiary/aromatic N) is 1. The molecule has 1 aliphatic carbocycles. The molecule has 2 heterocycles. The van der Waals surface area contributed by atoms with E-state index in [4.69, 9.17) is 9.76 Å². The van der Waals surface area contributed by atoms with Crippen LogP contribution in [-0.2, 0) is 19.0 Å². The van der Waals surface area contributed by atoms with Gasteiger partial charge in [-0.15, -0.1) is 0 Å². The van der Waals surface area contributed by atoms with Crippen LogP contribution >= 0.6 is 15.9 Å². The summed E-state index contributed by atoms with van der Waals surface area (Å²) >= 11 is 3.41. The molecular weight excluding hydrogens is 517 g/mol. The minimum Gasteiger partial charge on any atom is -0.508 e. The number of carboxylic acids is 1. The number of allylic oxidation sites excluding steroid dienone is 2. The molecule has 0 bridgehead atoms. The normalized spacial score (nSPS) is 26.4. The number of carboxylic acid groups (broad SMARTS) is 1. The zero-order valence-electron chi connectivity index (χ0n) is 19.9. The number of hydrogen-bond acceptors (Lipinski definition) is 6. The molecule has 3 N–H and O–H groups in total. The van der Waals surface area contributed by atoms with Gasteiger partial charge in [0.25, 0.3) is 0 Å². The van der Waals surface area contributed by atoms with Crippen LogP contribution in [0, 0.1) is 23.7 Å². The van der Waals surface area contributed by atoms with Crippen molar-refractivity contribution in [2.24, 2.45) is 23.7 Å². The number of carbonyl (C=O) groups excluding carboxylic acids is 2. The van der Waals surface area contributed by atoms with Crippen molar-refractivity contribution < 1.29 is 34.3 Å². The molecule has 10 heteroatoms. The Kier molecular flexibility index (Phi) is 7.73. The number of benzene rings is 1. The minimum absolute atomic E-state index is 0.0473. The van der Waals surface area contributed by atoms with Gasteiger partial charge in [0, 0.05) is 23.0 Å². The van der Waals surface area contributed by atoms with Crippen molar-refractivity contribution >= 4 is 40.8 Å². The number of rotatable bonds is 8. The Morgan fingerprint density at radius 3 is 2.63 bits per heavy atom. The molecule has 35 heavy (non-hydrogen) atoms. The highest BCUT2D eigenvalue weighted by Crippen LogP contribution is 2.53. The first-order valence-corrected chi connectivity index (χ1v) is 13.0. The summed E-state index contributed by atoms with van der Waals surface area (Å²) in [5, 5.41) is 30.3. The number of aliphatic carboxylic acids is 1. The number of phenolic OH excluding ortho intramolecular Hbond substituents is 1. The average Bonchev–Trinajstić information content (AvgIpc) is 3.04. The van der Waals surface area contributed by atoms with E-state index in [1.807, 2.05) is 13.8 Å². The third-order valence-electron chi connectivity index (χ3n) is 7.54. The van der Waals surface area contributed by atoms with E-state index in [0.717, 1.165) is 10.0 Å². The van der Waals surface area contributed by atoms with E-state index in [1.54, 1.807) is 18.2 Å². The van der Waals surface area contributed by atoms with E-state index < -0.39 is 31.0 Å². The zero-order chi connectivity index (χ0) is 25.4. The van der Waals surface area contributed by atoms with Crippen molar-refractivity contribution in [3.63, 3.8) is 0 Å². The molecule has 4 atom stereocenters. The van der Waals surface area contributed by atoms with Crippen LogP contribution in [-0.4, -0.2) is 51.6 Å². The van der Waals surface area contributed by atoms with Crippen molar-refractivity contribution in [1.82, 2.24) is 4.90 Å². The summed E-state index contributed by atoms with van der Waals surface area (Å²) in [7, 11) is -1.22. The largest absolute Gasteiger partial charge is 0.508 e. The van der Waals surface area contributed by atoms with Crippen LogP contribution in [0.15, 0.2) is 33.7 Å². The fourth-order valence-corrected chi connectivity index (χ4v) is 6.27. The summed E-state index contributed by atoms with van der Waals surface area (Å²) < 4.78 is 6.73. The van der Waals surface area contributed by atoms with Crippen molar-refractivity contribution in [1.29, 1.82) is 0 Å². The van der Waals surface area contributed by atoms with E-state index in [1.165, 1.54) is 4.90 Å². The summed E-state index contributed by atoms with van der Waals surface area (Å²) in [5.74, 6) is -2.56. The molecule has 2 fully saturated rings. The molecule has 0 saturated carbocycles. The summed E-state index contributed by atoms with van der Waals surface area (Å²) in [6.07, 6.45) is 1.93. The number of phenols is 1. The average molecular weight is 548 g/mol. The number of likely N-dealkylation sites (tertiary alicyclic amines) is 1. The lowest BCUT2D eigenvalue weighted by Crippen LogP contribution is -2.45. The number of amides is 2. The maximum absolute atomic E-state index is 13.5.